The van der Waals surface area contributed by atoms with Crippen LogP contribution in [0.2, 0.25) is 0 Å². The average molecular weight is 395 g/mol. The number of carbonyl (C=O) groups excluding carboxylic acids is 1. The van der Waals surface area contributed by atoms with Crippen molar-refractivity contribution in [3.63, 3.8) is 0 Å². The van der Waals surface area contributed by atoms with E-state index in [0.29, 0.717) is 31.2 Å². The molecule has 2 fully saturated rings. The van der Waals surface area contributed by atoms with Gasteiger partial charge in [0.05, 0.1) is 18.1 Å². The van der Waals surface area contributed by atoms with E-state index in [-0.39, 0.29) is 11.5 Å². The summed E-state index contributed by atoms with van der Waals surface area (Å²) in [7, 11) is 0. The van der Waals surface area contributed by atoms with Gasteiger partial charge in [0.15, 0.2) is 0 Å². The van der Waals surface area contributed by atoms with Crippen LogP contribution in [-0.2, 0) is 9.53 Å². The molecule has 0 bridgehead atoms. The highest BCUT2D eigenvalue weighted by Crippen LogP contribution is 2.53. The Labute approximate surface area is 166 Å². The Bertz CT molecular complexity index is 1110. The summed E-state index contributed by atoms with van der Waals surface area (Å²) in [6.07, 6.45) is 2.51. The van der Waals surface area contributed by atoms with Crippen molar-refractivity contribution in [2.75, 3.05) is 25.0 Å². The molecule has 1 amide bonds. The maximum atomic E-state index is 13.6. The number of carbonyl (C=O) groups is 1. The molecule has 1 spiro atoms. The highest BCUT2D eigenvalue weighted by atomic mass is 19.1. The first-order chi connectivity index (χ1) is 14.0. The molecule has 2 aliphatic rings. The number of nitrogens with one attached hydrogen (secondary N) is 1. The van der Waals surface area contributed by atoms with Crippen molar-refractivity contribution in [2.24, 2.45) is 5.41 Å². The number of pyridine rings is 1. The number of fused-ring (bicyclic) bond motifs is 1. The van der Waals surface area contributed by atoms with Crippen LogP contribution in [0.1, 0.15) is 17.2 Å². The quantitative estimate of drug-likeness (QED) is 0.676. The number of rotatable bonds is 4. The predicted octanol–water partition coefficient (Wildman–Crippen LogP) is 4.09. The lowest BCUT2D eigenvalue weighted by atomic mass is 9.69. The maximum absolute atomic E-state index is 13.6. The van der Waals surface area contributed by atoms with Crippen LogP contribution >= 0.6 is 0 Å². The summed E-state index contributed by atoms with van der Waals surface area (Å²) >= 11 is 0. The number of hydrogen-bond donors (Lipinski definition) is 1. The smallest absolute Gasteiger partial charge is 0.209 e. The standard InChI is InChI=1S/C22H19F2N3O2/c1-13-3-2-4-17-19(13)18(20-22(11-29-20)9-27(10-22)12-28)8-25-21(17)26-16-6-14(23)5-15(24)7-16/h2-8,12,20H,9-11H2,1H3,(H,25,26). The van der Waals surface area contributed by atoms with Crippen molar-refractivity contribution in [1.82, 2.24) is 9.88 Å². The number of amides is 1. The normalized spacial score (nSPS) is 19.7. The molecule has 1 N–H and O–H groups in total. The van der Waals surface area contributed by atoms with E-state index in [1.165, 1.54) is 12.1 Å². The van der Waals surface area contributed by atoms with Gasteiger partial charge in [-0.15, -0.1) is 0 Å². The molecule has 2 aliphatic heterocycles. The van der Waals surface area contributed by atoms with Gasteiger partial charge in [0, 0.05) is 42.0 Å². The number of halogens is 2. The van der Waals surface area contributed by atoms with E-state index in [9.17, 15) is 13.6 Å². The van der Waals surface area contributed by atoms with Gasteiger partial charge >= 0.3 is 0 Å². The van der Waals surface area contributed by atoms with Crippen LogP contribution in [0.25, 0.3) is 10.8 Å². The van der Waals surface area contributed by atoms with E-state index in [4.69, 9.17) is 4.74 Å². The number of ether oxygens (including phenoxy) is 1. The molecule has 3 heterocycles. The molecule has 3 aromatic rings. The predicted molar refractivity (Wildman–Crippen MR) is 105 cm³/mol. The average Bonchev–Trinajstić information content (AvgIpc) is 2.61. The zero-order valence-electron chi connectivity index (χ0n) is 15.8. The summed E-state index contributed by atoms with van der Waals surface area (Å²) in [6.45, 7) is 3.99. The number of likely N-dealkylation sites (tertiary alicyclic amines) is 1. The Morgan fingerprint density at radius 1 is 1.24 bits per heavy atom. The second-order valence-electron chi connectivity index (χ2n) is 7.91. The molecule has 1 atom stereocenters. The Hall–Kier alpha value is -3.06. The zero-order valence-corrected chi connectivity index (χ0v) is 15.8. The van der Waals surface area contributed by atoms with Gasteiger partial charge < -0.3 is 15.0 Å². The van der Waals surface area contributed by atoms with Gasteiger partial charge in [0.2, 0.25) is 6.41 Å². The second kappa shape index (κ2) is 6.49. The van der Waals surface area contributed by atoms with Crippen molar-refractivity contribution >= 4 is 28.7 Å². The maximum Gasteiger partial charge on any atom is 0.209 e. The number of anilines is 2. The minimum atomic E-state index is -0.654. The highest BCUT2D eigenvalue weighted by molar-refractivity contribution is 5.97. The fraction of sp³-hybridized carbons (Fsp3) is 0.273. The van der Waals surface area contributed by atoms with Gasteiger partial charge in [-0.3, -0.25) is 4.79 Å². The Kier molecular flexibility index (Phi) is 4.03. The molecule has 148 valence electrons. The molecule has 5 rings (SSSR count). The summed E-state index contributed by atoms with van der Waals surface area (Å²) in [6, 6.07) is 9.16. The van der Waals surface area contributed by atoms with E-state index >= 15 is 0 Å². The fourth-order valence-corrected chi connectivity index (χ4v) is 4.49. The van der Waals surface area contributed by atoms with Crippen LogP contribution in [0.3, 0.4) is 0 Å². The monoisotopic (exact) mass is 395 g/mol. The first kappa shape index (κ1) is 18.0. The van der Waals surface area contributed by atoms with E-state index in [1.807, 2.05) is 25.1 Å². The highest BCUT2D eigenvalue weighted by Gasteiger charge is 2.57. The first-order valence-electron chi connectivity index (χ1n) is 9.41. The molecule has 2 aromatic carbocycles. The van der Waals surface area contributed by atoms with Gasteiger partial charge in [0.25, 0.3) is 0 Å². The molecule has 7 heteroatoms. The first-order valence-corrected chi connectivity index (χ1v) is 9.41. The molecule has 2 saturated heterocycles. The van der Waals surface area contributed by atoms with Crippen LogP contribution in [0.15, 0.2) is 42.6 Å². The SMILES string of the molecule is Cc1cccc2c(Nc3cc(F)cc(F)c3)ncc(C3OCC34CN(C=O)C4)c12. The lowest BCUT2D eigenvalue weighted by Gasteiger charge is -2.59. The molecule has 1 aromatic heterocycles. The Balaban J connectivity index is 1.56. The largest absolute Gasteiger partial charge is 0.372 e. The summed E-state index contributed by atoms with van der Waals surface area (Å²) in [5.41, 5.74) is 2.28. The van der Waals surface area contributed by atoms with Gasteiger partial charge in [-0.2, -0.15) is 0 Å². The summed E-state index contributed by atoms with van der Waals surface area (Å²) in [4.78, 5) is 17.3. The Morgan fingerprint density at radius 3 is 2.66 bits per heavy atom. The Morgan fingerprint density at radius 2 is 2.00 bits per heavy atom. The van der Waals surface area contributed by atoms with Crippen LogP contribution < -0.4 is 5.32 Å². The lowest BCUT2D eigenvalue weighted by Crippen LogP contribution is -2.66. The molecule has 29 heavy (non-hydrogen) atoms. The molecule has 1 unspecified atom stereocenters. The topological polar surface area (TPSA) is 54.5 Å². The summed E-state index contributed by atoms with van der Waals surface area (Å²) in [5.74, 6) is -0.785. The van der Waals surface area contributed by atoms with Crippen molar-refractivity contribution < 1.29 is 18.3 Å². The molecule has 5 nitrogen and oxygen atoms in total. The van der Waals surface area contributed by atoms with Crippen molar-refractivity contribution in [3.05, 3.63) is 65.4 Å². The van der Waals surface area contributed by atoms with Crippen LogP contribution in [0, 0.1) is 24.0 Å². The number of benzene rings is 2. The number of aromatic nitrogens is 1. The molecule has 0 radical (unpaired) electrons. The van der Waals surface area contributed by atoms with E-state index in [0.717, 1.165) is 34.4 Å². The third-order valence-corrected chi connectivity index (χ3v) is 5.84. The molecular formula is C22H19F2N3O2. The minimum absolute atomic E-state index is 0.0571. The molecule has 0 saturated carbocycles. The van der Waals surface area contributed by atoms with Gasteiger partial charge in [0.1, 0.15) is 17.5 Å². The minimum Gasteiger partial charge on any atom is -0.372 e. The number of hydrogen-bond acceptors (Lipinski definition) is 4. The van der Waals surface area contributed by atoms with Crippen LogP contribution in [-0.4, -0.2) is 36.0 Å². The van der Waals surface area contributed by atoms with E-state index in [1.54, 1.807) is 11.1 Å². The number of nitrogens with zero attached hydrogens (tertiary/aromatic N) is 2. The van der Waals surface area contributed by atoms with Gasteiger partial charge in [-0.1, -0.05) is 18.2 Å². The van der Waals surface area contributed by atoms with Crippen molar-refractivity contribution in [2.45, 2.75) is 13.0 Å². The van der Waals surface area contributed by atoms with Crippen LogP contribution in [0.4, 0.5) is 20.3 Å². The third-order valence-electron chi connectivity index (χ3n) is 5.84. The zero-order chi connectivity index (χ0) is 20.2. The van der Waals surface area contributed by atoms with Crippen molar-refractivity contribution in [1.29, 1.82) is 0 Å². The summed E-state index contributed by atoms with van der Waals surface area (Å²) in [5, 5.41) is 4.90. The van der Waals surface area contributed by atoms with Crippen LogP contribution in [0.5, 0.6) is 0 Å². The van der Waals surface area contributed by atoms with E-state index in [2.05, 4.69) is 10.3 Å². The third kappa shape index (κ3) is 2.84. The molecule has 0 aliphatic carbocycles. The summed E-state index contributed by atoms with van der Waals surface area (Å²) < 4.78 is 33.1. The lowest BCUT2D eigenvalue weighted by molar-refractivity contribution is -0.244. The van der Waals surface area contributed by atoms with Crippen molar-refractivity contribution in [3.8, 4) is 0 Å². The fourth-order valence-electron chi connectivity index (χ4n) is 4.49. The number of aryl methyl sites for hydroxylation is 1. The van der Waals surface area contributed by atoms with Gasteiger partial charge in [-0.25, -0.2) is 13.8 Å². The van der Waals surface area contributed by atoms with E-state index < -0.39 is 11.6 Å². The second-order valence-corrected chi connectivity index (χ2v) is 7.91. The molecular weight excluding hydrogens is 376 g/mol. The van der Waals surface area contributed by atoms with Gasteiger partial charge in [-0.05, 0) is 30.0 Å².